The molecule has 2 aromatic carbocycles. The number of nitrogens with one attached hydrogen (secondary N) is 1. The van der Waals surface area contributed by atoms with Gasteiger partial charge in [-0.25, -0.2) is 13.1 Å². The fraction of sp³-hybridized carbons (Fsp3) is 0.278. The third kappa shape index (κ3) is 4.82. The molecule has 138 valence electrons. The number of benzene rings is 2. The Kier molecular flexibility index (Phi) is 5.93. The van der Waals surface area contributed by atoms with Gasteiger partial charge in [-0.3, -0.25) is 4.79 Å². The summed E-state index contributed by atoms with van der Waals surface area (Å²) in [6, 6.07) is 16.0. The molecule has 8 heteroatoms. The first-order valence-corrected chi connectivity index (χ1v) is 10.2. The molecule has 2 aromatic rings. The summed E-state index contributed by atoms with van der Waals surface area (Å²) in [6.07, 6.45) is -0.422. The molecule has 1 atom stereocenters. The number of halogens is 1. The Morgan fingerprint density at radius 3 is 2.54 bits per heavy atom. The summed E-state index contributed by atoms with van der Waals surface area (Å²) in [6.45, 7) is 0.298. The fourth-order valence-corrected chi connectivity index (χ4v) is 4.18. The highest BCUT2D eigenvalue weighted by Gasteiger charge is 2.28. The monoisotopic (exact) mass is 394 g/mol. The molecule has 3 rings (SSSR count). The van der Waals surface area contributed by atoms with Gasteiger partial charge < -0.3 is 9.64 Å². The molecule has 0 bridgehead atoms. The van der Waals surface area contributed by atoms with E-state index in [0.717, 1.165) is 5.69 Å². The molecule has 0 spiro atoms. The summed E-state index contributed by atoms with van der Waals surface area (Å²) in [4.78, 5) is 13.7. The number of carbonyl (C=O) groups is 1. The lowest BCUT2D eigenvalue weighted by Crippen LogP contribution is -2.50. The third-order valence-electron chi connectivity index (χ3n) is 4.03. The first-order valence-electron chi connectivity index (χ1n) is 8.12. The lowest BCUT2D eigenvalue weighted by molar-refractivity contribution is -0.129. The van der Waals surface area contributed by atoms with Crippen LogP contribution in [-0.2, 0) is 25.3 Å². The van der Waals surface area contributed by atoms with Crippen molar-refractivity contribution in [3.05, 3.63) is 65.2 Å². The molecule has 0 aliphatic carbocycles. The second-order valence-corrected chi connectivity index (χ2v) is 8.19. The average molecular weight is 395 g/mol. The van der Waals surface area contributed by atoms with Gasteiger partial charge in [-0.05, 0) is 23.8 Å². The van der Waals surface area contributed by atoms with Gasteiger partial charge in [-0.1, -0.05) is 48.0 Å². The first kappa shape index (κ1) is 18.8. The number of amides is 1. The van der Waals surface area contributed by atoms with Gasteiger partial charge in [-0.2, -0.15) is 0 Å². The van der Waals surface area contributed by atoms with Crippen LogP contribution in [0.1, 0.15) is 5.56 Å². The van der Waals surface area contributed by atoms with Crippen LogP contribution < -0.4 is 9.62 Å². The number of morpholine rings is 1. The van der Waals surface area contributed by atoms with Crippen LogP contribution in [0.5, 0.6) is 0 Å². The largest absolute Gasteiger partial charge is 0.365 e. The smallest absolute Gasteiger partial charge is 0.253 e. The molecule has 1 N–H and O–H groups in total. The van der Waals surface area contributed by atoms with Gasteiger partial charge in [-0.15, -0.1) is 0 Å². The highest BCUT2D eigenvalue weighted by molar-refractivity contribution is 7.88. The van der Waals surface area contributed by atoms with E-state index in [2.05, 4.69) is 4.72 Å². The van der Waals surface area contributed by atoms with Crippen molar-refractivity contribution in [2.45, 2.75) is 11.9 Å². The summed E-state index contributed by atoms with van der Waals surface area (Å²) in [5.74, 6) is -0.354. The van der Waals surface area contributed by atoms with Crippen LogP contribution in [0.3, 0.4) is 0 Å². The predicted octanol–water partition coefficient (Wildman–Crippen LogP) is 2.19. The van der Waals surface area contributed by atoms with Crippen LogP contribution in [0.4, 0.5) is 5.69 Å². The molecule has 26 heavy (non-hydrogen) atoms. The van der Waals surface area contributed by atoms with Crippen molar-refractivity contribution < 1.29 is 17.9 Å². The second kappa shape index (κ2) is 8.18. The number of anilines is 1. The zero-order valence-corrected chi connectivity index (χ0v) is 15.5. The number of hydrogen-bond donors (Lipinski definition) is 1. The Labute approximate surface area is 157 Å². The number of hydrogen-bond acceptors (Lipinski definition) is 4. The van der Waals surface area contributed by atoms with Crippen molar-refractivity contribution in [1.29, 1.82) is 0 Å². The van der Waals surface area contributed by atoms with E-state index in [1.54, 1.807) is 29.2 Å². The Balaban J connectivity index is 1.60. The van der Waals surface area contributed by atoms with Crippen molar-refractivity contribution in [2.75, 3.05) is 24.6 Å². The molecule has 0 aromatic heterocycles. The van der Waals surface area contributed by atoms with E-state index in [9.17, 15) is 13.2 Å². The Morgan fingerprint density at radius 2 is 1.81 bits per heavy atom. The Hall–Kier alpha value is -1.93. The van der Waals surface area contributed by atoms with Gasteiger partial charge >= 0.3 is 0 Å². The van der Waals surface area contributed by atoms with Crippen LogP contribution in [0.25, 0.3) is 0 Å². The predicted molar refractivity (Wildman–Crippen MR) is 101 cm³/mol. The molecule has 0 radical (unpaired) electrons. The van der Waals surface area contributed by atoms with Crippen molar-refractivity contribution in [3.8, 4) is 0 Å². The zero-order valence-electron chi connectivity index (χ0n) is 14.0. The highest BCUT2D eigenvalue weighted by Crippen LogP contribution is 2.19. The second-order valence-electron chi connectivity index (χ2n) is 5.97. The van der Waals surface area contributed by atoms with E-state index >= 15 is 0 Å². The van der Waals surface area contributed by atoms with Crippen molar-refractivity contribution in [2.24, 2.45) is 0 Å². The average Bonchev–Trinajstić information content (AvgIpc) is 2.64. The summed E-state index contributed by atoms with van der Waals surface area (Å²) < 4.78 is 32.6. The molecule has 1 saturated heterocycles. The SMILES string of the molecule is O=C1COC(CNS(=O)(=O)Cc2ccccc2Cl)CN1c1ccccc1. The Bertz CT molecular complexity index is 874. The number of ether oxygens (including phenoxy) is 1. The van der Waals surface area contributed by atoms with Crippen molar-refractivity contribution in [1.82, 2.24) is 4.72 Å². The molecule has 1 aliphatic rings. The number of rotatable bonds is 6. The van der Waals surface area contributed by atoms with Crippen molar-refractivity contribution >= 4 is 33.2 Å². The summed E-state index contributed by atoms with van der Waals surface area (Å²) in [7, 11) is -3.57. The summed E-state index contributed by atoms with van der Waals surface area (Å²) in [5.41, 5.74) is 1.30. The van der Waals surface area contributed by atoms with E-state index < -0.39 is 16.1 Å². The highest BCUT2D eigenvalue weighted by atomic mass is 35.5. The quantitative estimate of drug-likeness (QED) is 0.814. The maximum Gasteiger partial charge on any atom is 0.253 e. The first-order chi connectivity index (χ1) is 12.4. The molecular formula is C18H19ClN2O4S. The molecule has 1 amide bonds. The molecular weight excluding hydrogens is 376 g/mol. The summed E-state index contributed by atoms with van der Waals surface area (Å²) in [5, 5.41) is 0.410. The van der Waals surface area contributed by atoms with Gasteiger partial charge in [0.25, 0.3) is 5.91 Å². The minimum atomic E-state index is -3.57. The lowest BCUT2D eigenvalue weighted by Gasteiger charge is -2.32. The molecule has 0 saturated carbocycles. The van der Waals surface area contributed by atoms with Crippen LogP contribution in [0, 0.1) is 0 Å². The minimum Gasteiger partial charge on any atom is -0.365 e. The summed E-state index contributed by atoms with van der Waals surface area (Å²) >= 11 is 6.02. The zero-order chi connectivity index (χ0) is 18.6. The van der Waals surface area contributed by atoms with Crippen molar-refractivity contribution in [3.63, 3.8) is 0 Å². The molecule has 1 heterocycles. The Morgan fingerprint density at radius 1 is 1.12 bits per heavy atom. The van der Waals surface area contributed by atoms with Gasteiger partial charge in [0, 0.05) is 17.3 Å². The van der Waals surface area contributed by atoms with E-state index in [-0.39, 0.29) is 31.4 Å². The molecule has 1 fully saturated rings. The number of sulfonamides is 1. The van der Waals surface area contributed by atoms with E-state index in [4.69, 9.17) is 16.3 Å². The molecule has 6 nitrogen and oxygen atoms in total. The molecule has 1 unspecified atom stereocenters. The van der Waals surface area contributed by atoms with Crippen LogP contribution in [-0.4, -0.2) is 40.1 Å². The van der Waals surface area contributed by atoms with Gasteiger partial charge in [0.2, 0.25) is 10.0 Å². The standard InChI is InChI=1S/C18H19ClN2O4S/c19-17-9-5-4-6-14(17)13-26(23,24)20-10-16-11-21(18(22)12-25-16)15-7-2-1-3-8-15/h1-9,16,20H,10-13H2. The number of carbonyl (C=O) groups excluding carboxylic acids is 1. The minimum absolute atomic E-state index is 0.0776. The van der Waals surface area contributed by atoms with Gasteiger partial charge in [0.1, 0.15) is 6.61 Å². The van der Waals surface area contributed by atoms with Gasteiger partial charge in [0.15, 0.2) is 0 Å². The maximum atomic E-state index is 12.3. The third-order valence-corrected chi connectivity index (χ3v) is 5.70. The van der Waals surface area contributed by atoms with Gasteiger partial charge in [0.05, 0.1) is 18.4 Å². The van der Waals surface area contributed by atoms with Crippen LogP contribution in [0.2, 0.25) is 5.02 Å². The fourth-order valence-electron chi connectivity index (χ4n) is 2.70. The normalized spacial score (nSPS) is 18.1. The van der Waals surface area contributed by atoms with Crippen LogP contribution in [0.15, 0.2) is 54.6 Å². The maximum absolute atomic E-state index is 12.3. The number of para-hydroxylation sites is 1. The topological polar surface area (TPSA) is 75.7 Å². The lowest BCUT2D eigenvalue weighted by atomic mass is 10.2. The van der Waals surface area contributed by atoms with E-state index in [1.807, 2.05) is 30.3 Å². The van der Waals surface area contributed by atoms with Crippen LogP contribution >= 0.6 is 11.6 Å². The molecule has 1 aliphatic heterocycles. The van der Waals surface area contributed by atoms with E-state index in [1.165, 1.54) is 0 Å². The van der Waals surface area contributed by atoms with E-state index in [0.29, 0.717) is 10.6 Å². The number of nitrogens with zero attached hydrogens (tertiary/aromatic N) is 1.